The summed E-state index contributed by atoms with van der Waals surface area (Å²) in [5.74, 6) is -2.80. The third-order valence-corrected chi connectivity index (χ3v) is 6.33. The molecule has 5 rings (SSSR count). The van der Waals surface area contributed by atoms with Crippen LogP contribution < -0.4 is 4.74 Å². The van der Waals surface area contributed by atoms with E-state index in [0.29, 0.717) is 35.7 Å². The Bertz CT molecular complexity index is 1430. The molecule has 0 bridgehead atoms. The van der Waals surface area contributed by atoms with Gasteiger partial charge in [0.15, 0.2) is 0 Å². The molecule has 0 fully saturated rings. The van der Waals surface area contributed by atoms with Gasteiger partial charge in [0.1, 0.15) is 17.2 Å². The van der Waals surface area contributed by atoms with Crippen molar-refractivity contribution in [3.63, 3.8) is 0 Å². The number of alkyl halides is 2. The van der Waals surface area contributed by atoms with Crippen molar-refractivity contribution >= 4 is 23.0 Å². The zero-order chi connectivity index (χ0) is 26.0. The summed E-state index contributed by atoms with van der Waals surface area (Å²) in [6.45, 7) is 1.21. The number of aliphatic imine (C=N–C) groups is 2. The fourth-order valence-corrected chi connectivity index (χ4v) is 4.43. The molecule has 0 amide bonds. The van der Waals surface area contributed by atoms with Crippen molar-refractivity contribution in [2.45, 2.75) is 19.3 Å². The van der Waals surface area contributed by atoms with Crippen LogP contribution in [0.25, 0.3) is 5.57 Å². The van der Waals surface area contributed by atoms with Gasteiger partial charge in [0.05, 0.1) is 11.4 Å². The van der Waals surface area contributed by atoms with E-state index in [1.807, 2.05) is 60.7 Å². The maximum absolute atomic E-state index is 13.7. The van der Waals surface area contributed by atoms with Crippen molar-refractivity contribution in [3.8, 4) is 11.5 Å². The molecule has 186 valence electrons. The summed E-state index contributed by atoms with van der Waals surface area (Å²) in [6, 6.07) is 23.1. The monoisotopic (exact) mass is 498 g/mol. The van der Waals surface area contributed by atoms with Crippen LogP contribution in [0.1, 0.15) is 30.0 Å². The molecule has 1 N–H and O–H groups in total. The number of aliphatic carboxylic acids is 1. The lowest BCUT2D eigenvalue weighted by molar-refractivity contribution is -0.129. The molecule has 5 nitrogen and oxygen atoms in total. The Labute approximate surface area is 213 Å². The predicted octanol–water partition coefficient (Wildman–Crippen LogP) is 6.91. The van der Waals surface area contributed by atoms with Gasteiger partial charge in [-0.15, -0.1) is 0 Å². The van der Waals surface area contributed by atoms with E-state index in [1.54, 1.807) is 12.1 Å². The molecular formula is C30H24F2N2O3. The van der Waals surface area contributed by atoms with Gasteiger partial charge in [-0.05, 0) is 54.0 Å². The molecule has 1 atom stereocenters. The molecule has 2 aliphatic heterocycles. The average molecular weight is 499 g/mol. The molecule has 0 aromatic heterocycles. The number of para-hydroxylation sites is 1. The number of nitrogens with zero attached hydrogens (tertiary/aromatic N) is 2. The van der Waals surface area contributed by atoms with Crippen molar-refractivity contribution in [1.82, 2.24) is 0 Å². The number of allylic oxidation sites excluding steroid dienone is 2. The number of benzene rings is 3. The first-order valence-corrected chi connectivity index (χ1v) is 11.9. The van der Waals surface area contributed by atoms with E-state index in [0.717, 1.165) is 23.8 Å². The lowest BCUT2D eigenvalue weighted by Crippen LogP contribution is -2.16. The Morgan fingerprint density at radius 2 is 1.57 bits per heavy atom. The summed E-state index contributed by atoms with van der Waals surface area (Å²) in [5, 5.41) is 9.55. The second-order valence-corrected chi connectivity index (χ2v) is 8.98. The highest BCUT2D eigenvalue weighted by molar-refractivity contribution is 6.40. The minimum absolute atomic E-state index is 0.0468. The van der Waals surface area contributed by atoms with Crippen LogP contribution >= 0.6 is 0 Å². The number of hydrogen-bond donors (Lipinski definition) is 1. The van der Waals surface area contributed by atoms with Gasteiger partial charge < -0.3 is 9.84 Å². The van der Waals surface area contributed by atoms with E-state index in [-0.39, 0.29) is 17.2 Å². The summed E-state index contributed by atoms with van der Waals surface area (Å²) in [5.41, 5.74) is 3.56. The van der Waals surface area contributed by atoms with Gasteiger partial charge in [-0.3, -0.25) is 9.98 Å². The zero-order valence-corrected chi connectivity index (χ0v) is 20.1. The lowest BCUT2D eigenvalue weighted by atomic mass is 9.83. The molecule has 3 aromatic carbocycles. The minimum Gasteiger partial charge on any atom is -0.477 e. The predicted molar refractivity (Wildman–Crippen MR) is 140 cm³/mol. The number of halogens is 2. The van der Waals surface area contributed by atoms with Gasteiger partial charge in [0.25, 0.3) is 5.92 Å². The van der Waals surface area contributed by atoms with Crippen molar-refractivity contribution in [1.29, 1.82) is 0 Å². The molecule has 0 saturated heterocycles. The molecule has 0 aliphatic carbocycles. The second-order valence-electron chi connectivity index (χ2n) is 8.98. The van der Waals surface area contributed by atoms with Crippen molar-refractivity contribution < 1.29 is 23.4 Å². The second kappa shape index (κ2) is 9.93. The molecule has 0 spiro atoms. The highest BCUT2D eigenvalue weighted by Crippen LogP contribution is 2.39. The molecule has 1 unspecified atom stereocenters. The molecular weight excluding hydrogens is 474 g/mol. The van der Waals surface area contributed by atoms with Crippen LogP contribution in [-0.4, -0.2) is 29.0 Å². The first-order chi connectivity index (χ1) is 17.8. The first kappa shape index (κ1) is 24.3. The quantitative estimate of drug-likeness (QED) is 0.402. The van der Waals surface area contributed by atoms with Crippen molar-refractivity contribution in [2.75, 3.05) is 6.54 Å². The molecule has 0 saturated carbocycles. The first-order valence-electron chi connectivity index (χ1n) is 11.9. The Morgan fingerprint density at radius 1 is 0.919 bits per heavy atom. The van der Waals surface area contributed by atoms with Gasteiger partial charge in [-0.25, -0.2) is 13.6 Å². The van der Waals surface area contributed by atoms with Gasteiger partial charge in [0.2, 0.25) is 0 Å². The van der Waals surface area contributed by atoms with Crippen molar-refractivity contribution in [3.05, 3.63) is 113 Å². The molecule has 7 heteroatoms. The van der Waals surface area contributed by atoms with Crippen LogP contribution in [0.3, 0.4) is 0 Å². The number of ether oxygens (including phenoxy) is 1. The number of dihydropyridines is 1. The van der Waals surface area contributed by atoms with Gasteiger partial charge in [-0.1, -0.05) is 54.6 Å². The maximum atomic E-state index is 13.7. The maximum Gasteiger partial charge on any atom is 0.354 e. The average Bonchev–Trinajstić information content (AvgIpc) is 3.12. The third-order valence-electron chi connectivity index (χ3n) is 6.33. The highest BCUT2D eigenvalue weighted by atomic mass is 19.3. The smallest absolute Gasteiger partial charge is 0.354 e. The third kappa shape index (κ3) is 5.40. The molecule has 2 aliphatic rings. The fourth-order valence-electron chi connectivity index (χ4n) is 4.43. The van der Waals surface area contributed by atoms with E-state index in [9.17, 15) is 18.7 Å². The number of fused-ring (bicyclic) bond motifs is 1. The Kier molecular flexibility index (Phi) is 6.53. The fraction of sp³-hybridized carbons (Fsp3) is 0.167. The number of carboxylic acid groups (broad SMARTS) is 1. The summed E-state index contributed by atoms with van der Waals surface area (Å²) >= 11 is 0. The number of hydrogen-bond acceptors (Lipinski definition) is 4. The number of carbonyl (C=O) groups is 1. The van der Waals surface area contributed by atoms with Crippen molar-refractivity contribution in [2.24, 2.45) is 15.9 Å². The Hall–Kier alpha value is -4.39. The summed E-state index contributed by atoms with van der Waals surface area (Å²) < 4.78 is 33.4. The molecule has 0 radical (unpaired) electrons. The summed E-state index contributed by atoms with van der Waals surface area (Å²) in [6.07, 6.45) is 4.04. The SMILES string of the molecule is CC(F)(F)c1ccc(C2=NC3=CC(C(=O)O)=NCCC3C(c3ccc(Oc4ccccc4)cc3)=C2)cc1. The van der Waals surface area contributed by atoms with Crippen LogP contribution in [0.2, 0.25) is 0 Å². The molecule has 37 heavy (non-hydrogen) atoms. The van der Waals surface area contributed by atoms with E-state index in [2.05, 4.69) is 4.99 Å². The zero-order valence-electron chi connectivity index (χ0n) is 20.1. The minimum atomic E-state index is -2.95. The number of rotatable bonds is 6. The van der Waals surface area contributed by atoms with Crippen LogP contribution in [-0.2, 0) is 10.7 Å². The topological polar surface area (TPSA) is 71.2 Å². The standard InChI is InChI=1S/C30H24F2N2O3/c1-30(31,32)21-11-7-20(8-12-21)26-17-25(24-15-16-33-28(29(35)36)18-27(24)34-26)19-9-13-23(14-10-19)37-22-5-3-2-4-6-22/h2-14,17-18,24H,15-16H2,1H3,(H,35,36). The largest absolute Gasteiger partial charge is 0.477 e. The normalized spacial score (nSPS) is 17.4. The summed E-state index contributed by atoms with van der Waals surface area (Å²) in [7, 11) is 0. The van der Waals surface area contributed by atoms with Crippen LogP contribution in [0.4, 0.5) is 8.78 Å². The van der Waals surface area contributed by atoms with Gasteiger partial charge in [-0.2, -0.15) is 0 Å². The Morgan fingerprint density at radius 3 is 2.22 bits per heavy atom. The van der Waals surface area contributed by atoms with E-state index in [4.69, 9.17) is 9.73 Å². The number of carboxylic acids is 1. The van der Waals surface area contributed by atoms with Crippen LogP contribution in [0.15, 0.2) is 107 Å². The van der Waals surface area contributed by atoms with Crippen LogP contribution in [0, 0.1) is 5.92 Å². The van der Waals surface area contributed by atoms with E-state index in [1.165, 1.54) is 18.2 Å². The Balaban J connectivity index is 1.53. The highest BCUT2D eigenvalue weighted by Gasteiger charge is 2.29. The molecule has 3 aromatic rings. The van der Waals surface area contributed by atoms with Gasteiger partial charge >= 0.3 is 5.97 Å². The van der Waals surface area contributed by atoms with Gasteiger partial charge in [0, 0.05) is 30.5 Å². The lowest BCUT2D eigenvalue weighted by Gasteiger charge is -2.25. The van der Waals surface area contributed by atoms with E-state index < -0.39 is 11.9 Å². The van der Waals surface area contributed by atoms with Crippen LogP contribution in [0.5, 0.6) is 11.5 Å². The summed E-state index contributed by atoms with van der Waals surface area (Å²) in [4.78, 5) is 20.6. The molecule has 2 heterocycles. The van der Waals surface area contributed by atoms with E-state index >= 15 is 0 Å².